The van der Waals surface area contributed by atoms with Gasteiger partial charge in [0.15, 0.2) is 0 Å². The van der Waals surface area contributed by atoms with Gasteiger partial charge in [-0.2, -0.15) is 0 Å². The Morgan fingerprint density at radius 2 is 2.22 bits per heavy atom. The van der Waals surface area contributed by atoms with E-state index < -0.39 is 15.8 Å². The summed E-state index contributed by atoms with van der Waals surface area (Å²) in [5.74, 6) is -0.590. The van der Waals surface area contributed by atoms with Crippen molar-refractivity contribution in [3.05, 3.63) is 30.1 Å². The topological polar surface area (TPSA) is 55.4 Å². The van der Waals surface area contributed by atoms with E-state index in [0.29, 0.717) is 13.0 Å². The summed E-state index contributed by atoms with van der Waals surface area (Å²) in [6.07, 6.45) is 0.434. The molecule has 0 amide bonds. The Morgan fingerprint density at radius 1 is 1.50 bits per heavy atom. The van der Waals surface area contributed by atoms with Gasteiger partial charge in [0.25, 0.3) is 0 Å². The molecule has 1 aromatic rings. The zero-order chi connectivity index (χ0) is 13.6. The van der Waals surface area contributed by atoms with Crippen LogP contribution in [0, 0.1) is 5.82 Å². The summed E-state index contributed by atoms with van der Waals surface area (Å²) in [5.41, 5.74) is 0. The van der Waals surface area contributed by atoms with Gasteiger partial charge in [-0.1, -0.05) is 6.07 Å². The van der Waals surface area contributed by atoms with Crippen LogP contribution < -0.4 is 4.72 Å². The minimum Gasteiger partial charge on any atom is -0.383 e. The van der Waals surface area contributed by atoms with Crippen molar-refractivity contribution in [2.75, 3.05) is 20.3 Å². The van der Waals surface area contributed by atoms with Gasteiger partial charge >= 0.3 is 0 Å². The molecule has 1 aromatic carbocycles. The number of benzene rings is 1. The lowest BCUT2D eigenvalue weighted by Gasteiger charge is -2.09. The first-order valence-corrected chi connectivity index (χ1v) is 7.26. The highest BCUT2D eigenvalue weighted by Gasteiger charge is 2.14. The molecule has 0 saturated carbocycles. The van der Waals surface area contributed by atoms with Gasteiger partial charge in [0, 0.05) is 13.7 Å². The lowest BCUT2D eigenvalue weighted by atomic mass is 10.3. The van der Waals surface area contributed by atoms with Crippen molar-refractivity contribution in [2.45, 2.75) is 16.7 Å². The van der Waals surface area contributed by atoms with Crippen molar-refractivity contribution in [3.63, 3.8) is 0 Å². The van der Waals surface area contributed by atoms with E-state index in [1.165, 1.54) is 25.3 Å². The maximum Gasteiger partial charge on any atom is 0.240 e. The van der Waals surface area contributed by atoms with Gasteiger partial charge in [-0.05, 0) is 24.6 Å². The Labute approximate surface area is 111 Å². The maximum atomic E-state index is 12.9. The van der Waals surface area contributed by atoms with Crippen LogP contribution in [0.3, 0.4) is 0 Å². The fourth-order valence-corrected chi connectivity index (χ4v) is 2.65. The second-order valence-corrected chi connectivity index (χ2v) is 6.08. The number of hydrogen-bond donors (Lipinski definition) is 1. The molecule has 4 nitrogen and oxygen atoms in total. The maximum absolute atomic E-state index is 12.9. The fourth-order valence-electron chi connectivity index (χ4n) is 1.33. The number of ether oxygens (including phenoxy) is 1. The van der Waals surface area contributed by atoms with Crippen LogP contribution in [0.2, 0.25) is 0 Å². The summed E-state index contributed by atoms with van der Waals surface area (Å²) in [6.45, 7) is 0.527. The van der Waals surface area contributed by atoms with Gasteiger partial charge in [-0.25, -0.2) is 17.5 Å². The van der Waals surface area contributed by atoms with E-state index in [2.05, 4.69) is 4.72 Å². The summed E-state index contributed by atoms with van der Waals surface area (Å²) in [7, 11) is -2.16. The van der Waals surface area contributed by atoms with Crippen molar-refractivity contribution < 1.29 is 17.5 Å². The fraction of sp³-hybridized carbons (Fsp3) is 0.455. The van der Waals surface area contributed by atoms with Gasteiger partial charge in [0.2, 0.25) is 10.0 Å². The smallest absolute Gasteiger partial charge is 0.240 e. The van der Waals surface area contributed by atoms with Crippen molar-refractivity contribution in [1.29, 1.82) is 0 Å². The van der Waals surface area contributed by atoms with Crippen molar-refractivity contribution in [1.82, 2.24) is 4.72 Å². The molecule has 0 bridgehead atoms. The Balaban J connectivity index is 2.55. The number of hydrogen-bond acceptors (Lipinski definition) is 3. The minimum atomic E-state index is -3.68. The van der Waals surface area contributed by atoms with Crippen molar-refractivity contribution in [2.24, 2.45) is 0 Å². The molecule has 1 unspecified atom stereocenters. The zero-order valence-electron chi connectivity index (χ0n) is 9.90. The summed E-state index contributed by atoms with van der Waals surface area (Å²) in [6, 6.07) is 4.83. The second kappa shape index (κ2) is 7.04. The second-order valence-electron chi connectivity index (χ2n) is 3.70. The predicted molar refractivity (Wildman–Crippen MR) is 67.7 cm³/mol. The Bertz CT molecular complexity index is 481. The normalized spacial score (nSPS) is 13.5. The van der Waals surface area contributed by atoms with E-state index >= 15 is 0 Å². The van der Waals surface area contributed by atoms with E-state index in [0.717, 1.165) is 6.07 Å². The Kier molecular flexibility index (Phi) is 6.01. The molecule has 0 aliphatic rings. The summed E-state index contributed by atoms with van der Waals surface area (Å²) >= 11 is 5.86. The summed E-state index contributed by atoms with van der Waals surface area (Å²) < 4.78 is 43.6. The minimum absolute atomic E-state index is 0.0969. The van der Waals surface area contributed by atoms with Crippen LogP contribution in [0.5, 0.6) is 0 Å². The molecule has 0 saturated heterocycles. The largest absolute Gasteiger partial charge is 0.383 e. The van der Waals surface area contributed by atoms with Crippen molar-refractivity contribution in [3.8, 4) is 0 Å². The third-order valence-electron chi connectivity index (χ3n) is 2.20. The van der Waals surface area contributed by atoms with Crippen LogP contribution >= 0.6 is 11.6 Å². The lowest BCUT2D eigenvalue weighted by molar-refractivity contribution is 0.196. The SMILES string of the molecule is COCC(Cl)CCNS(=O)(=O)c1cccc(F)c1. The predicted octanol–water partition coefficient (Wildman–Crippen LogP) is 1.75. The number of nitrogens with one attached hydrogen (secondary N) is 1. The van der Waals surface area contributed by atoms with Crippen LogP contribution in [0.15, 0.2) is 29.2 Å². The molecule has 0 spiro atoms. The van der Waals surface area contributed by atoms with Crippen LogP contribution in [0.4, 0.5) is 4.39 Å². The van der Waals surface area contributed by atoms with Crippen LogP contribution in [0.25, 0.3) is 0 Å². The molecule has 7 heteroatoms. The highest BCUT2D eigenvalue weighted by Crippen LogP contribution is 2.10. The first kappa shape index (κ1) is 15.4. The first-order chi connectivity index (χ1) is 8.45. The van der Waals surface area contributed by atoms with E-state index in [4.69, 9.17) is 16.3 Å². The molecule has 18 heavy (non-hydrogen) atoms. The van der Waals surface area contributed by atoms with Gasteiger partial charge < -0.3 is 4.74 Å². The Morgan fingerprint density at radius 3 is 2.83 bits per heavy atom. The van der Waals surface area contributed by atoms with E-state index in [1.807, 2.05) is 0 Å². The van der Waals surface area contributed by atoms with E-state index in [9.17, 15) is 12.8 Å². The molecule has 0 aromatic heterocycles. The van der Waals surface area contributed by atoms with Gasteiger partial charge in [0.1, 0.15) is 5.82 Å². The van der Waals surface area contributed by atoms with Crippen molar-refractivity contribution >= 4 is 21.6 Å². The lowest BCUT2D eigenvalue weighted by Crippen LogP contribution is -2.27. The molecule has 1 atom stereocenters. The number of halogens is 2. The van der Waals surface area contributed by atoms with Crippen LogP contribution in [0.1, 0.15) is 6.42 Å². The molecule has 0 heterocycles. The average molecular weight is 296 g/mol. The molecular weight excluding hydrogens is 281 g/mol. The molecule has 0 radical (unpaired) electrons. The molecule has 0 aliphatic heterocycles. The highest BCUT2D eigenvalue weighted by atomic mass is 35.5. The van der Waals surface area contributed by atoms with Gasteiger partial charge in [-0.3, -0.25) is 0 Å². The highest BCUT2D eigenvalue weighted by molar-refractivity contribution is 7.89. The molecule has 1 N–H and O–H groups in total. The summed E-state index contributed by atoms with van der Waals surface area (Å²) in [4.78, 5) is -0.0969. The third-order valence-corrected chi connectivity index (χ3v) is 4.01. The quantitative estimate of drug-likeness (QED) is 0.780. The molecule has 1 rings (SSSR count). The molecule has 0 fully saturated rings. The molecule has 102 valence electrons. The zero-order valence-corrected chi connectivity index (χ0v) is 11.5. The standard InChI is InChI=1S/C11H15ClFNO3S/c1-17-8-9(12)5-6-14-18(15,16)11-4-2-3-10(13)7-11/h2-4,7,9,14H,5-6,8H2,1H3. The number of methoxy groups -OCH3 is 1. The Hall–Kier alpha value is -0.690. The van der Waals surface area contributed by atoms with Crippen LogP contribution in [-0.4, -0.2) is 34.1 Å². The number of sulfonamides is 1. The summed E-state index contributed by atoms with van der Waals surface area (Å²) in [5, 5.41) is -0.259. The number of alkyl halides is 1. The first-order valence-electron chi connectivity index (χ1n) is 5.34. The molecule has 0 aliphatic carbocycles. The third kappa shape index (κ3) is 4.89. The average Bonchev–Trinajstić information content (AvgIpc) is 2.29. The van der Waals surface area contributed by atoms with E-state index in [-0.39, 0.29) is 16.8 Å². The monoisotopic (exact) mass is 295 g/mol. The van der Waals surface area contributed by atoms with Gasteiger partial charge in [-0.15, -0.1) is 11.6 Å². The van der Waals surface area contributed by atoms with E-state index in [1.54, 1.807) is 0 Å². The number of rotatable bonds is 7. The van der Waals surface area contributed by atoms with Crippen LogP contribution in [-0.2, 0) is 14.8 Å². The molecular formula is C11H15ClFNO3S. The van der Waals surface area contributed by atoms with Gasteiger partial charge in [0.05, 0.1) is 16.9 Å².